The van der Waals surface area contributed by atoms with E-state index in [4.69, 9.17) is 16.6 Å². The van der Waals surface area contributed by atoms with E-state index in [-0.39, 0.29) is 0 Å². The number of anilines is 2. The molecule has 0 aromatic carbocycles. The van der Waals surface area contributed by atoms with Crippen molar-refractivity contribution in [2.75, 3.05) is 22.9 Å². The van der Waals surface area contributed by atoms with Gasteiger partial charge in [-0.15, -0.1) is 0 Å². The van der Waals surface area contributed by atoms with Crippen molar-refractivity contribution in [1.29, 1.82) is 0 Å². The predicted octanol–water partition coefficient (Wildman–Crippen LogP) is 4.19. The summed E-state index contributed by atoms with van der Waals surface area (Å²) in [6.45, 7) is 5.34. The van der Waals surface area contributed by atoms with Crippen molar-refractivity contribution in [1.82, 2.24) is 19.9 Å². The van der Waals surface area contributed by atoms with E-state index in [0.717, 1.165) is 60.4 Å². The van der Waals surface area contributed by atoms with Gasteiger partial charge in [0, 0.05) is 49.2 Å². The van der Waals surface area contributed by atoms with Gasteiger partial charge in [0.15, 0.2) is 0 Å². The first kappa shape index (κ1) is 17.5. The van der Waals surface area contributed by atoms with E-state index in [1.165, 1.54) is 30.5 Å². The summed E-state index contributed by atoms with van der Waals surface area (Å²) in [5.41, 5.74) is 4.45. The number of nitrogens with one attached hydrogen (secondary N) is 1. The van der Waals surface area contributed by atoms with Gasteiger partial charge in [0.1, 0.15) is 22.9 Å². The van der Waals surface area contributed by atoms with Gasteiger partial charge in [0.25, 0.3) is 0 Å². The normalized spacial score (nSPS) is 26.2. The van der Waals surface area contributed by atoms with E-state index in [0.29, 0.717) is 11.2 Å². The van der Waals surface area contributed by atoms with Gasteiger partial charge in [-0.1, -0.05) is 11.6 Å². The molecule has 150 valence electrons. The first-order valence-electron chi connectivity index (χ1n) is 10.6. The Labute approximate surface area is 175 Å². The lowest BCUT2D eigenvalue weighted by molar-refractivity contribution is 0.417. The summed E-state index contributed by atoms with van der Waals surface area (Å²) < 4.78 is 0. The molecule has 3 aromatic heterocycles. The third-order valence-corrected chi connectivity index (χ3v) is 7.25. The quantitative estimate of drug-likeness (QED) is 0.644. The number of hydrogen-bond donors (Lipinski definition) is 1. The van der Waals surface area contributed by atoms with Crippen LogP contribution in [0.2, 0.25) is 5.15 Å². The van der Waals surface area contributed by atoms with Gasteiger partial charge in [0.05, 0.1) is 11.4 Å². The molecule has 6 nitrogen and oxygen atoms in total. The number of piperidine rings is 1. The minimum Gasteiger partial charge on any atom is -0.363 e. The molecule has 0 spiro atoms. The molecule has 1 N–H and O–H groups in total. The Morgan fingerprint density at radius 1 is 1.17 bits per heavy atom. The monoisotopic (exact) mass is 408 g/mol. The van der Waals surface area contributed by atoms with Crippen LogP contribution in [-0.2, 0) is 13.0 Å². The second-order valence-electron chi connectivity index (χ2n) is 8.96. The third-order valence-electron chi connectivity index (χ3n) is 7.05. The number of nitrogens with zero attached hydrogens (tertiary/aromatic N) is 5. The van der Waals surface area contributed by atoms with E-state index in [1.807, 2.05) is 12.3 Å². The van der Waals surface area contributed by atoms with Crippen LogP contribution in [0.25, 0.3) is 11.0 Å². The number of halogens is 1. The second kappa shape index (κ2) is 6.59. The molecular formula is C22H25ClN6. The number of aromatic amines is 1. The van der Waals surface area contributed by atoms with Crippen molar-refractivity contribution in [3.05, 3.63) is 41.1 Å². The van der Waals surface area contributed by atoms with Crippen LogP contribution in [0.15, 0.2) is 24.7 Å². The summed E-state index contributed by atoms with van der Waals surface area (Å²) in [7, 11) is 0. The highest BCUT2D eigenvalue weighted by atomic mass is 35.5. The first-order valence-corrected chi connectivity index (χ1v) is 11.0. The van der Waals surface area contributed by atoms with E-state index < -0.39 is 0 Å². The molecule has 2 bridgehead atoms. The molecule has 29 heavy (non-hydrogen) atoms. The summed E-state index contributed by atoms with van der Waals surface area (Å²) in [5, 5.41) is 1.63. The third kappa shape index (κ3) is 2.88. The summed E-state index contributed by atoms with van der Waals surface area (Å²) >= 11 is 6.35. The van der Waals surface area contributed by atoms with Gasteiger partial charge in [-0.3, -0.25) is 0 Å². The van der Waals surface area contributed by atoms with E-state index in [1.54, 1.807) is 6.33 Å². The number of rotatable bonds is 2. The molecular weight excluding hydrogens is 384 g/mol. The number of fused-ring (bicyclic) bond motifs is 4. The van der Waals surface area contributed by atoms with Crippen LogP contribution >= 0.6 is 11.6 Å². The van der Waals surface area contributed by atoms with Crippen LogP contribution in [0, 0.1) is 11.8 Å². The van der Waals surface area contributed by atoms with E-state index in [2.05, 4.69) is 37.7 Å². The molecule has 6 rings (SSSR count). The minimum absolute atomic E-state index is 0.333. The SMILES string of the molecule is C[C@@H]1Cc2ncnc(N3C[C@@H]4CC[C@@H](C4)C3)c2CN1c1cc(Cl)nc2[nH]ccc12. The van der Waals surface area contributed by atoms with Gasteiger partial charge in [0.2, 0.25) is 0 Å². The van der Waals surface area contributed by atoms with Crippen molar-refractivity contribution in [2.45, 2.75) is 45.2 Å². The van der Waals surface area contributed by atoms with Crippen molar-refractivity contribution in [3.63, 3.8) is 0 Å². The van der Waals surface area contributed by atoms with Gasteiger partial charge in [-0.05, 0) is 50.2 Å². The van der Waals surface area contributed by atoms with Crippen LogP contribution in [0.3, 0.4) is 0 Å². The smallest absolute Gasteiger partial charge is 0.141 e. The lowest BCUT2D eigenvalue weighted by atomic mass is 9.95. The van der Waals surface area contributed by atoms with Crippen LogP contribution < -0.4 is 9.80 Å². The Kier molecular flexibility index (Phi) is 3.98. The van der Waals surface area contributed by atoms with Crippen LogP contribution in [-0.4, -0.2) is 39.1 Å². The van der Waals surface area contributed by atoms with E-state index in [9.17, 15) is 0 Å². The average molecular weight is 409 g/mol. The summed E-state index contributed by atoms with van der Waals surface area (Å²) in [6.07, 6.45) is 8.75. The zero-order chi connectivity index (χ0) is 19.5. The largest absolute Gasteiger partial charge is 0.363 e. The highest BCUT2D eigenvalue weighted by Crippen LogP contribution is 2.41. The van der Waals surface area contributed by atoms with Crippen molar-refractivity contribution in [2.24, 2.45) is 11.8 Å². The lowest BCUT2D eigenvalue weighted by Crippen LogP contribution is -2.42. The summed E-state index contributed by atoms with van der Waals surface area (Å²) in [4.78, 5) is 22.0. The van der Waals surface area contributed by atoms with Crippen LogP contribution in [0.4, 0.5) is 11.5 Å². The number of H-pyrrole nitrogens is 1. The summed E-state index contributed by atoms with van der Waals surface area (Å²) in [6, 6.07) is 4.41. The minimum atomic E-state index is 0.333. The number of pyridine rings is 1. The number of aromatic nitrogens is 4. The van der Waals surface area contributed by atoms with Crippen LogP contribution in [0.1, 0.15) is 37.4 Å². The number of hydrogen-bond acceptors (Lipinski definition) is 5. The predicted molar refractivity (Wildman–Crippen MR) is 116 cm³/mol. The highest BCUT2D eigenvalue weighted by Gasteiger charge is 2.36. The fourth-order valence-electron chi connectivity index (χ4n) is 5.70. The van der Waals surface area contributed by atoms with Crippen molar-refractivity contribution >= 4 is 34.1 Å². The zero-order valence-electron chi connectivity index (χ0n) is 16.6. The van der Waals surface area contributed by atoms with Crippen molar-refractivity contribution in [3.8, 4) is 0 Å². The fraction of sp³-hybridized carbons (Fsp3) is 0.500. The molecule has 0 radical (unpaired) electrons. The fourth-order valence-corrected chi connectivity index (χ4v) is 5.88. The molecule has 1 saturated heterocycles. The van der Waals surface area contributed by atoms with Gasteiger partial charge in [-0.25, -0.2) is 15.0 Å². The molecule has 5 heterocycles. The maximum absolute atomic E-state index is 6.35. The maximum Gasteiger partial charge on any atom is 0.141 e. The molecule has 3 aromatic rings. The molecule has 2 fully saturated rings. The standard InChI is InChI=1S/C22H25ClN6/c1-13-6-18-17(11-29(13)19-8-20(23)27-21-16(19)4-5-24-21)22(26-12-25-18)28-9-14-2-3-15(7-14)10-28/h4-5,8,12-15H,2-3,6-7,9-11H2,1H3,(H,24,27)/t13-,14-,15+/m1/s1. The Bertz CT molecular complexity index is 1070. The van der Waals surface area contributed by atoms with Crippen LogP contribution in [0.5, 0.6) is 0 Å². The summed E-state index contributed by atoms with van der Waals surface area (Å²) in [5.74, 6) is 2.81. The van der Waals surface area contributed by atoms with Crippen molar-refractivity contribution < 1.29 is 0 Å². The zero-order valence-corrected chi connectivity index (χ0v) is 17.4. The highest BCUT2D eigenvalue weighted by molar-refractivity contribution is 6.30. The maximum atomic E-state index is 6.35. The molecule has 1 saturated carbocycles. The molecule has 1 aliphatic carbocycles. The molecule has 0 unspecified atom stereocenters. The average Bonchev–Trinajstić information content (AvgIpc) is 3.32. The molecule has 7 heteroatoms. The topological polar surface area (TPSA) is 60.9 Å². The Balaban J connectivity index is 1.41. The Morgan fingerprint density at radius 3 is 2.83 bits per heavy atom. The molecule has 0 amide bonds. The molecule has 3 atom stereocenters. The first-order chi connectivity index (χ1) is 14.2. The van der Waals surface area contributed by atoms with E-state index >= 15 is 0 Å². The molecule has 2 aliphatic heterocycles. The van der Waals surface area contributed by atoms with Gasteiger partial charge < -0.3 is 14.8 Å². The second-order valence-corrected chi connectivity index (χ2v) is 9.34. The Morgan fingerprint density at radius 2 is 2.00 bits per heavy atom. The molecule has 3 aliphatic rings. The van der Waals surface area contributed by atoms with Gasteiger partial charge in [-0.2, -0.15) is 0 Å². The lowest BCUT2D eigenvalue weighted by Gasteiger charge is -2.40. The van der Waals surface area contributed by atoms with Gasteiger partial charge >= 0.3 is 0 Å². The Hall–Kier alpha value is -2.34.